The molecule has 1 heterocycles. The smallest absolute Gasteiger partial charge is 0.220 e. The molecule has 0 bridgehead atoms. The van der Waals surface area contributed by atoms with Crippen molar-refractivity contribution in [1.82, 2.24) is 10.3 Å². The number of aromatic nitrogens is 1. The van der Waals surface area contributed by atoms with E-state index in [1.54, 1.807) is 30.5 Å². The molecule has 0 radical (unpaired) electrons. The number of hydrogen-bond acceptors (Lipinski definition) is 4. The van der Waals surface area contributed by atoms with Crippen LogP contribution in [-0.2, 0) is 11.2 Å². The van der Waals surface area contributed by atoms with Crippen molar-refractivity contribution in [3.8, 4) is 17.1 Å². The molecule has 6 heteroatoms. The Balaban J connectivity index is 1.36. The first kappa shape index (κ1) is 18.0. The molecule has 0 saturated carbocycles. The molecule has 26 heavy (non-hydrogen) atoms. The Morgan fingerprint density at radius 3 is 2.65 bits per heavy atom. The lowest BCUT2D eigenvalue weighted by molar-refractivity contribution is -0.121. The van der Waals surface area contributed by atoms with Crippen LogP contribution in [0.15, 0.2) is 65.2 Å². The maximum absolute atomic E-state index is 11.9. The van der Waals surface area contributed by atoms with Gasteiger partial charge in [0.25, 0.3) is 0 Å². The summed E-state index contributed by atoms with van der Waals surface area (Å²) in [5.74, 6) is 1.91. The molecule has 134 valence electrons. The fourth-order valence-electron chi connectivity index (χ4n) is 2.36. The summed E-state index contributed by atoms with van der Waals surface area (Å²) in [6, 6.07) is 16.8. The molecular weight excluding hydrogens is 352 g/mol. The zero-order valence-electron chi connectivity index (χ0n) is 14.2. The van der Waals surface area contributed by atoms with Crippen molar-refractivity contribution in [2.45, 2.75) is 12.8 Å². The molecule has 1 amide bonds. The van der Waals surface area contributed by atoms with Crippen LogP contribution in [0, 0.1) is 0 Å². The van der Waals surface area contributed by atoms with Gasteiger partial charge < -0.3 is 14.5 Å². The monoisotopic (exact) mass is 370 g/mol. The van der Waals surface area contributed by atoms with Crippen molar-refractivity contribution in [2.75, 3.05) is 13.2 Å². The lowest BCUT2D eigenvalue weighted by atomic mass is 10.2. The van der Waals surface area contributed by atoms with Gasteiger partial charge in [0.1, 0.15) is 12.4 Å². The maximum Gasteiger partial charge on any atom is 0.220 e. The van der Waals surface area contributed by atoms with Gasteiger partial charge in [-0.2, -0.15) is 0 Å². The summed E-state index contributed by atoms with van der Waals surface area (Å²) in [7, 11) is 0. The second-order valence-electron chi connectivity index (χ2n) is 5.64. The van der Waals surface area contributed by atoms with Gasteiger partial charge in [0.05, 0.1) is 12.7 Å². The summed E-state index contributed by atoms with van der Waals surface area (Å²) >= 11 is 5.81. The number of nitrogens with zero attached hydrogens (tertiary/aromatic N) is 1. The average molecular weight is 371 g/mol. The molecule has 0 fully saturated rings. The van der Waals surface area contributed by atoms with Crippen LogP contribution >= 0.6 is 11.6 Å². The normalized spacial score (nSPS) is 10.5. The highest BCUT2D eigenvalue weighted by Crippen LogP contribution is 2.20. The van der Waals surface area contributed by atoms with E-state index < -0.39 is 0 Å². The molecule has 5 nitrogen and oxygen atoms in total. The predicted octanol–water partition coefficient (Wildman–Crippen LogP) is 4.12. The standard InChI is InChI=1S/C20H19ClN2O3/c21-16-6-8-17(9-7-16)25-13-12-22-19(24)10-11-20-23-14-18(26-20)15-4-2-1-3-5-15/h1-9,14H,10-13H2,(H,22,24). The second-order valence-corrected chi connectivity index (χ2v) is 6.07. The van der Waals surface area contributed by atoms with E-state index in [9.17, 15) is 4.79 Å². The van der Waals surface area contributed by atoms with Gasteiger partial charge in [-0.1, -0.05) is 41.9 Å². The zero-order valence-corrected chi connectivity index (χ0v) is 14.9. The molecule has 0 saturated heterocycles. The number of ether oxygens (including phenoxy) is 1. The van der Waals surface area contributed by atoms with Crippen molar-refractivity contribution in [3.63, 3.8) is 0 Å². The number of benzene rings is 2. The predicted molar refractivity (Wildman–Crippen MR) is 100 cm³/mol. The Bertz CT molecular complexity index is 832. The molecule has 2 aromatic carbocycles. The van der Waals surface area contributed by atoms with E-state index in [0.29, 0.717) is 42.7 Å². The van der Waals surface area contributed by atoms with Crippen LogP contribution in [0.5, 0.6) is 5.75 Å². The first-order chi connectivity index (χ1) is 12.7. The summed E-state index contributed by atoms with van der Waals surface area (Å²) in [6.07, 6.45) is 2.45. The Morgan fingerprint density at radius 2 is 1.88 bits per heavy atom. The molecule has 3 aromatic rings. The van der Waals surface area contributed by atoms with E-state index in [1.807, 2.05) is 30.3 Å². The third kappa shape index (κ3) is 5.36. The van der Waals surface area contributed by atoms with E-state index in [4.69, 9.17) is 20.8 Å². The van der Waals surface area contributed by atoms with E-state index in [1.165, 1.54) is 0 Å². The molecule has 1 aromatic heterocycles. The fourth-order valence-corrected chi connectivity index (χ4v) is 2.49. The van der Waals surface area contributed by atoms with E-state index in [-0.39, 0.29) is 5.91 Å². The number of oxazole rings is 1. The lowest BCUT2D eigenvalue weighted by Crippen LogP contribution is -2.28. The average Bonchev–Trinajstić information content (AvgIpc) is 3.15. The number of aryl methyl sites for hydroxylation is 1. The van der Waals surface area contributed by atoms with Gasteiger partial charge in [0.15, 0.2) is 11.7 Å². The summed E-state index contributed by atoms with van der Waals surface area (Å²) in [5, 5.41) is 3.47. The lowest BCUT2D eigenvalue weighted by Gasteiger charge is -2.07. The Hall–Kier alpha value is -2.79. The van der Waals surface area contributed by atoms with Crippen LogP contribution in [0.25, 0.3) is 11.3 Å². The molecule has 1 N–H and O–H groups in total. The highest BCUT2D eigenvalue weighted by atomic mass is 35.5. The van der Waals surface area contributed by atoms with Gasteiger partial charge in [0.2, 0.25) is 5.91 Å². The second kappa shape index (κ2) is 9.06. The first-order valence-electron chi connectivity index (χ1n) is 8.36. The van der Waals surface area contributed by atoms with Crippen molar-refractivity contribution in [1.29, 1.82) is 0 Å². The summed E-state index contributed by atoms with van der Waals surface area (Å²) in [5.41, 5.74) is 0.968. The van der Waals surface area contributed by atoms with Crippen LogP contribution in [0.3, 0.4) is 0 Å². The molecule has 3 rings (SSSR count). The zero-order chi connectivity index (χ0) is 18.2. The summed E-state index contributed by atoms with van der Waals surface area (Å²) in [6.45, 7) is 0.826. The molecule has 0 aliphatic rings. The van der Waals surface area contributed by atoms with Crippen molar-refractivity contribution in [3.05, 3.63) is 71.7 Å². The van der Waals surface area contributed by atoms with E-state index in [2.05, 4.69) is 10.3 Å². The Morgan fingerprint density at radius 1 is 1.12 bits per heavy atom. The minimum atomic E-state index is -0.0656. The van der Waals surface area contributed by atoms with Gasteiger partial charge in [-0.05, 0) is 24.3 Å². The number of rotatable bonds is 8. The third-order valence-electron chi connectivity index (χ3n) is 3.68. The van der Waals surface area contributed by atoms with Crippen molar-refractivity contribution < 1.29 is 13.9 Å². The summed E-state index contributed by atoms with van der Waals surface area (Å²) in [4.78, 5) is 16.1. The van der Waals surface area contributed by atoms with Gasteiger partial charge in [-0.3, -0.25) is 4.79 Å². The first-order valence-corrected chi connectivity index (χ1v) is 8.74. The van der Waals surface area contributed by atoms with Gasteiger partial charge in [-0.15, -0.1) is 0 Å². The van der Waals surface area contributed by atoms with Crippen LogP contribution in [0.1, 0.15) is 12.3 Å². The third-order valence-corrected chi connectivity index (χ3v) is 3.94. The molecule has 0 atom stereocenters. The molecule has 0 aliphatic heterocycles. The number of hydrogen-bond donors (Lipinski definition) is 1. The minimum absolute atomic E-state index is 0.0656. The van der Waals surface area contributed by atoms with Gasteiger partial charge in [0, 0.05) is 23.4 Å². The van der Waals surface area contributed by atoms with Crippen LogP contribution in [0.4, 0.5) is 0 Å². The van der Waals surface area contributed by atoms with Crippen molar-refractivity contribution in [2.24, 2.45) is 0 Å². The van der Waals surface area contributed by atoms with Gasteiger partial charge >= 0.3 is 0 Å². The highest BCUT2D eigenvalue weighted by Gasteiger charge is 2.08. The number of nitrogens with one attached hydrogen (secondary N) is 1. The minimum Gasteiger partial charge on any atom is -0.492 e. The van der Waals surface area contributed by atoms with Crippen LogP contribution in [-0.4, -0.2) is 24.0 Å². The van der Waals surface area contributed by atoms with Gasteiger partial charge in [-0.25, -0.2) is 4.98 Å². The van der Waals surface area contributed by atoms with Crippen molar-refractivity contribution >= 4 is 17.5 Å². The molecule has 0 aliphatic carbocycles. The largest absolute Gasteiger partial charge is 0.492 e. The fraction of sp³-hybridized carbons (Fsp3) is 0.200. The Labute approximate surface area is 157 Å². The molecule has 0 unspecified atom stereocenters. The number of carbonyl (C=O) groups is 1. The topological polar surface area (TPSA) is 64.4 Å². The Kier molecular flexibility index (Phi) is 6.28. The van der Waals surface area contributed by atoms with Crippen LogP contribution in [0.2, 0.25) is 5.02 Å². The number of carbonyl (C=O) groups excluding carboxylic acids is 1. The quantitative estimate of drug-likeness (QED) is 0.606. The van der Waals surface area contributed by atoms with E-state index >= 15 is 0 Å². The summed E-state index contributed by atoms with van der Waals surface area (Å²) < 4.78 is 11.2. The SMILES string of the molecule is O=C(CCc1ncc(-c2ccccc2)o1)NCCOc1ccc(Cl)cc1. The van der Waals surface area contributed by atoms with E-state index in [0.717, 1.165) is 11.3 Å². The number of halogens is 1. The van der Waals surface area contributed by atoms with Crippen LogP contribution < -0.4 is 10.1 Å². The molecular formula is C20H19ClN2O3. The highest BCUT2D eigenvalue weighted by molar-refractivity contribution is 6.30. The molecule has 0 spiro atoms. The maximum atomic E-state index is 11.9. The number of amides is 1.